The Morgan fingerprint density at radius 3 is 2.78 bits per heavy atom. The maximum atomic E-state index is 10.5. The van der Waals surface area contributed by atoms with Gasteiger partial charge in [0.1, 0.15) is 0 Å². The molecule has 3 atom stereocenters. The minimum Gasteiger partial charge on any atom is -0.387 e. The molecule has 4 heteroatoms. The van der Waals surface area contributed by atoms with E-state index in [-0.39, 0.29) is 0 Å². The number of nitrogens with zero attached hydrogens (tertiary/aromatic N) is 1. The third kappa shape index (κ3) is 2.23. The van der Waals surface area contributed by atoms with Crippen LogP contribution in [0.4, 0.5) is 0 Å². The number of benzene rings is 1. The van der Waals surface area contributed by atoms with Crippen molar-refractivity contribution in [2.24, 2.45) is 11.3 Å². The van der Waals surface area contributed by atoms with Crippen LogP contribution in [-0.2, 0) is 0 Å². The predicted octanol–water partition coefficient (Wildman–Crippen LogP) is 4.36. The smallest absolute Gasteiger partial charge is 0.0991 e. The maximum Gasteiger partial charge on any atom is 0.0991 e. The van der Waals surface area contributed by atoms with E-state index in [4.69, 9.17) is 23.2 Å². The number of hydrogen-bond donors (Lipinski definition) is 1. The van der Waals surface area contributed by atoms with Crippen LogP contribution in [-0.4, -0.2) is 5.11 Å². The van der Waals surface area contributed by atoms with Gasteiger partial charge in [-0.25, -0.2) is 0 Å². The standard InChI is InChI=1S/C14H15Cl2NO/c1-9-5-6-14(7-9,8-17)13(18)10-3-2-4-11(15)12(10)16/h2-4,9,13,18H,5-7H2,1H3. The molecule has 0 bridgehead atoms. The molecular weight excluding hydrogens is 269 g/mol. The van der Waals surface area contributed by atoms with Gasteiger partial charge in [0, 0.05) is 5.56 Å². The van der Waals surface area contributed by atoms with Crippen molar-refractivity contribution in [3.8, 4) is 6.07 Å². The number of halogens is 2. The lowest BCUT2D eigenvalue weighted by molar-refractivity contribution is 0.0648. The molecule has 1 saturated carbocycles. The van der Waals surface area contributed by atoms with Crippen molar-refractivity contribution in [3.63, 3.8) is 0 Å². The highest BCUT2D eigenvalue weighted by molar-refractivity contribution is 6.42. The SMILES string of the molecule is CC1CCC(C#N)(C(O)c2cccc(Cl)c2Cl)C1. The topological polar surface area (TPSA) is 44.0 Å². The summed E-state index contributed by atoms with van der Waals surface area (Å²) in [5.41, 5.74) is -0.173. The highest BCUT2D eigenvalue weighted by Gasteiger charge is 2.45. The van der Waals surface area contributed by atoms with Gasteiger partial charge in [0.2, 0.25) is 0 Å². The first kappa shape index (κ1) is 13.7. The summed E-state index contributed by atoms with van der Waals surface area (Å²) < 4.78 is 0. The van der Waals surface area contributed by atoms with E-state index < -0.39 is 11.5 Å². The summed E-state index contributed by atoms with van der Waals surface area (Å²) in [6.45, 7) is 2.10. The van der Waals surface area contributed by atoms with Crippen molar-refractivity contribution in [2.75, 3.05) is 0 Å². The molecule has 0 radical (unpaired) electrons. The molecule has 1 aromatic rings. The van der Waals surface area contributed by atoms with Crippen LogP contribution in [0.15, 0.2) is 18.2 Å². The van der Waals surface area contributed by atoms with E-state index in [2.05, 4.69) is 13.0 Å². The van der Waals surface area contributed by atoms with E-state index in [1.54, 1.807) is 18.2 Å². The van der Waals surface area contributed by atoms with Crippen molar-refractivity contribution >= 4 is 23.2 Å². The minimum absolute atomic E-state index is 0.348. The largest absolute Gasteiger partial charge is 0.387 e. The lowest BCUT2D eigenvalue weighted by Gasteiger charge is -2.28. The van der Waals surface area contributed by atoms with E-state index >= 15 is 0 Å². The Bertz CT molecular complexity index is 497. The highest BCUT2D eigenvalue weighted by atomic mass is 35.5. The van der Waals surface area contributed by atoms with E-state index in [0.717, 1.165) is 6.42 Å². The fourth-order valence-corrected chi connectivity index (χ4v) is 3.18. The number of hydrogen-bond acceptors (Lipinski definition) is 2. The fourth-order valence-electron chi connectivity index (χ4n) is 2.77. The van der Waals surface area contributed by atoms with Crippen LogP contribution >= 0.6 is 23.2 Å². The van der Waals surface area contributed by atoms with Gasteiger partial charge in [0.05, 0.1) is 27.6 Å². The summed E-state index contributed by atoms with van der Waals surface area (Å²) in [5.74, 6) is 0.456. The van der Waals surface area contributed by atoms with Crippen molar-refractivity contribution in [2.45, 2.75) is 32.3 Å². The average molecular weight is 284 g/mol. The number of aliphatic hydroxyl groups excluding tert-OH is 1. The first-order valence-electron chi connectivity index (χ1n) is 6.03. The zero-order chi connectivity index (χ0) is 13.3. The molecule has 0 amide bonds. The van der Waals surface area contributed by atoms with E-state index in [1.165, 1.54) is 0 Å². The molecule has 1 aliphatic carbocycles. The van der Waals surface area contributed by atoms with Crippen LogP contribution in [0.1, 0.15) is 37.9 Å². The third-order valence-electron chi connectivity index (χ3n) is 3.82. The van der Waals surface area contributed by atoms with Crippen LogP contribution in [0.25, 0.3) is 0 Å². The summed E-state index contributed by atoms with van der Waals surface area (Å²) in [5, 5.41) is 20.7. The van der Waals surface area contributed by atoms with Gasteiger partial charge in [-0.1, -0.05) is 42.3 Å². The highest BCUT2D eigenvalue weighted by Crippen LogP contribution is 2.51. The first-order valence-corrected chi connectivity index (χ1v) is 6.79. The molecule has 0 saturated heterocycles. The molecule has 2 rings (SSSR count). The summed E-state index contributed by atoms with van der Waals surface area (Å²) in [4.78, 5) is 0. The second-order valence-corrected chi connectivity index (χ2v) is 5.95. The number of rotatable bonds is 2. The normalized spacial score (nSPS) is 28.9. The molecular formula is C14H15Cl2NO. The maximum absolute atomic E-state index is 10.5. The zero-order valence-corrected chi connectivity index (χ0v) is 11.7. The Hall–Kier alpha value is -0.750. The molecule has 1 fully saturated rings. The van der Waals surface area contributed by atoms with E-state index in [1.807, 2.05) is 0 Å². The van der Waals surface area contributed by atoms with Gasteiger partial charge in [-0.05, 0) is 31.2 Å². The molecule has 18 heavy (non-hydrogen) atoms. The molecule has 3 unspecified atom stereocenters. The van der Waals surface area contributed by atoms with Crippen LogP contribution in [0, 0.1) is 22.7 Å². The van der Waals surface area contributed by atoms with Gasteiger partial charge in [-0.15, -0.1) is 0 Å². The summed E-state index contributed by atoms with van der Waals surface area (Å²) >= 11 is 12.1. The van der Waals surface area contributed by atoms with Gasteiger partial charge in [-0.2, -0.15) is 5.26 Å². The number of aliphatic hydroxyl groups is 1. The van der Waals surface area contributed by atoms with Gasteiger partial charge >= 0.3 is 0 Å². The molecule has 1 aliphatic rings. The second kappa shape index (κ2) is 5.09. The molecule has 0 aliphatic heterocycles. The van der Waals surface area contributed by atoms with Crippen LogP contribution in [0.3, 0.4) is 0 Å². The predicted molar refractivity (Wildman–Crippen MR) is 72.5 cm³/mol. The van der Waals surface area contributed by atoms with Crippen LogP contribution < -0.4 is 0 Å². The van der Waals surface area contributed by atoms with Crippen molar-refractivity contribution in [1.29, 1.82) is 5.26 Å². The summed E-state index contributed by atoms with van der Waals surface area (Å²) in [6.07, 6.45) is 1.49. The monoisotopic (exact) mass is 283 g/mol. The van der Waals surface area contributed by atoms with E-state index in [9.17, 15) is 10.4 Å². The quantitative estimate of drug-likeness (QED) is 0.877. The summed E-state index contributed by atoms with van der Waals surface area (Å²) in [6, 6.07) is 7.46. The first-order chi connectivity index (χ1) is 8.50. The van der Waals surface area contributed by atoms with Gasteiger partial charge in [-0.3, -0.25) is 0 Å². The van der Waals surface area contributed by atoms with Crippen LogP contribution in [0.2, 0.25) is 10.0 Å². The number of nitriles is 1. The Morgan fingerprint density at radius 1 is 1.50 bits per heavy atom. The Balaban J connectivity index is 2.39. The zero-order valence-electron chi connectivity index (χ0n) is 10.2. The van der Waals surface area contributed by atoms with Crippen molar-refractivity contribution < 1.29 is 5.11 Å². The summed E-state index contributed by atoms with van der Waals surface area (Å²) in [7, 11) is 0. The minimum atomic E-state index is -0.876. The Kier molecular flexibility index (Phi) is 3.87. The molecule has 2 nitrogen and oxygen atoms in total. The second-order valence-electron chi connectivity index (χ2n) is 5.16. The molecule has 96 valence electrons. The van der Waals surface area contributed by atoms with Crippen molar-refractivity contribution in [3.05, 3.63) is 33.8 Å². The third-order valence-corrected chi connectivity index (χ3v) is 4.65. The van der Waals surface area contributed by atoms with Gasteiger partial charge in [0.15, 0.2) is 0 Å². The molecule has 1 N–H and O–H groups in total. The molecule has 0 aromatic heterocycles. The fraction of sp³-hybridized carbons (Fsp3) is 0.500. The average Bonchev–Trinajstić information content (AvgIpc) is 2.75. The molecule has 1 aromatic carbocycles. The van der Waals surface area contributed by atoms with Gasteiger partial charge < -0.3 is 5.11 Å². The lowest BCUT2D eigenvalue weighted by atomic mass is 9.78. The molecule has 0 spiro atoms. The van der Waals surface area contributed by atoms with Crippen LogP contribution in [0.5, 0.6) is 0 Å². The lowest BCUT2D eigenvalue weighted by Crippen LogP contribution is -2.24. The molecule has 0 heterocycles. The Labute approximate surface area is 117 Å². The Morgan fingerprint density at radius 2 is 2.22 bits per heavy atom. The van der Waals surface area contributed by atoms with Gasteiger partial charge in [0.25, 0.3) is 0 Å². The van der Waals surface area contributed by atoms with Crippen molar-refractivity contribution in [1.82, 2.24) is 0 Å². The van der Waals surface area contributed by atoms with E-state index in [0.29, 0.717) is 34.4 Å².